The Morgan fingerprint density at radius 3 is 2.42 bits per heavy atom. The van der Waals surface area contributed by atoms with E-state index in [0.29, 0.717) is 5.92 Å². The Balaban J connectivity index is 2.85. The molecule has 0 bridgehead atoms. The van der Waals surface area contributed by atoms with Gasteiger partial charge in [-0.05, 0) is 31.4 Å². The topological polar surface area (TPSA) is 4.93 Å². The van der Waals surface area contributed by atoms with E-state index in [1.165, 1.54) is 12.1 Å². The molecule has 1 aromatic rings. The van der Waals surface area contributed by atoms with Crippen LogP contribution in [0.5, 0.6) is 0 Å². The number of aromatic nitrogens is 1. The summed E-state index contributed by atoms with van der Waals surface area (Å²) in [6.07, 6.45) is 7.58. The van der Waals surface area contributed by atoms with E-state index < -0.39 is 0 Å². The molecule has 0 N–H and O–H groups in total. The van der Waals surface area contributed by atoms with Gasteiger partial charge in [0.05, 0.1) is 0 Å². The van der Waals surface area contributed by atoms with E-state index in [1.807, 2.05) is 0 Å². The van der Waals surface area contributed by atoms with Crippen molar-refractivity contribution in [3.8, 4) is 0 Å². The van der Waals surface area contributed by atoms with Crippen LogP contribution in [0, 0.1) is 5.92 Å². The SMILES string of the molecule is C/C=C(/C(C)CC)n1cccc1. The average molecular weight is 163 g/mol. The first-order valence-corrected chi connectivity index (χ1v) is 4.59. The van der Waals surface area contributed by atoms with Crippen molar-refractivity contribution in [2.24, 2.45) is 5.92 Å². The summed E-state index contributed by atoms with van der Waals surface area (Å²) in [6.45, 7) is 6.58. The molecule has 1 rings (SSSR count). The number of hydrogen-bond acceptors (Lipinski definition) is 0. The van der Waals surface area contributed by atoms with Gasteiger partial charge >= 0.3 is 0 Å². The third-order valence-electron chi connectivity index (χ3n) is 2.32. The van der Waals surface area contributed by atoms with Crippen LogP contribution in [0.3, 0.4) is 0 Å². The molecule has 0 aliphatic carbocycles. The molecule has 0 radical (unpaired) electrons. The van der Waals surface area contributed by atoms with Crippen molar-refractivity contribution in [1.29, 1.82) is 0 Å². The van der Waals surface area contributed by atoms with Crippen LogP contribution < -0.4 is 0 Å². The lowest BCUT2D eigenvalue weighted by atomic mass is 10.0. The maximum atomic E-state index is 2.26. The van der Waals surface area contributed by atoms with E-state index >= 15 is 0 Å². The van der Waals surface area contributed by atoms with Crippen LogP contribution in [0.1, 0.15) is 27.2 Å². The smallest absolute Gasteiger partial charge is 0.0205 e. The molecule has 12 heavy (non-hydrogen) atoms. The second-order valence-corrected chi connectivity index (χ2v) is 3.11. The third-order valence-corrected chi connectivity index (χ3v) is 2.32. The molecule has 1 atom stereocenters. The molecule has 0 fully saturated rings. The molecule has 0 spiro atoms. The highest BCUT2D eigenvalue weighted by Crippen LogP contribution is 2.19. The van der Waals surface area contributed by atoms with Gasteiger partial charge in [-0.25, -0.2) is 0 Å². The van der Waals surface area contributed by atoms with E-state index in [0.717, 1.165) is 0 Å². The molecular formula is C11H17N. The minimum Gasteiger partial charge on any atom is -0.328 e. The van der Waals surface area contributed by atoms with E-state index in [4.69, 9.17) is 0 Å². The van der Waals surface area contributed by atoms with Crippen LogP contribution in [0.4, 0.5) is 0 Å². The summed E-state index contributed by atoms with van der Waals surface area (Å²) in [5, 5.41) is 0. The van der Waals surface area contributed by atoms with Gasteiger partial charge in [0.25, 0.3) is 0 Å². The van der Waals surface area contributed by atoms with Crippen molar-refractivity contribution in [3.05, 3.63) is 30.6 Å². The number of hydrogen-bond donors (Lipinski definition) is 0. The molecule has 1 heterocycles. The Morgan fingerprint density at radius 1 is 1.42 bits per heavy atom. The van der Waals surface area contributed by atoms with Crippen molar-refractivity contribution < 1.29 is 0 Å². The summed E-state index contributed by atoms with van der Waals surface area (Å²) in [6, 6.07) is 4.12. The molecule has 1 nitrogen and oxygen atoms in total. The van der Waals surface area contributed by atoms with Crippen molar-refractivity contribution in [2.45, 2.75) is 27.2 Å². The minimum absolute atomic E-state index is 0.641. The normalized spacial score (nSPS) is 14.8. The predicted molar refractivity (Wildman–Crippen MR) is 53.8 cm³/mol. The first kappa shape index (κ1) is 9.11. The molecule has 0 aliphatic heterocycles. The van der Waals surface area contributed by atoms with Gasteiger partial charge in [-0.1, -0.05) is 19.9 Å². The van der Waals surface area contributed by atoms with Crippen LogP contribution >= 0.6 is 0 Å². The Labute approximate surface area is 74.7 Å². The van der Waals surface area contributed by atoms with Gasteiger partial charge in [0.2, 0.25) is 0 Å². The molecule has 66 valence electrons. The molecule has 0 saturated carbocycles. The highest BCUT2D eigenvalue weighted by Gasteiger charge is 2.05. The quantitative estimate of drug-likeness (QED) is 0.643. The number of nitrogens with zero attached hydrogens (tertiary/aromatic N) is 1. The van der Waals surface area contributed by atoms with Gasteiger partial charge < -0.3 is 4.57 Å². The first-order chi connectivity index (χ1) is 5.79. The van der Waals surface area contributed by atoms with Gasteiger partial charge in [0.1, 0.15) is 0 Å². The van der Waals surface area contributed by atoms with Crippen LogP contribution in [0.2, 0.25) is 0 Å². The molecule has 1 aromatic heterocycles. The summed E-state index contributed by atoms with van der Waals surface area (Å²) in [5.41, 5.74) is 1.39. The van der Waals surface area contributed by atoms with Crippen LogP contribution in [-0.2, 0) is 0 Å². The Morgan fingerprint density at radius 2 is 2.00 bits per heavy atom. The van der Waals surface area contributed by atoms with E-state index in [-0.39, 0.29) is 0 Å². The zero-order valence-electron chi connectivity index (χ0n) is 8.12. The van der Waals surface area contributed by atoms with E-state index in [9.17, 15) is 0 Å². The second kappa shape index (κ2) is 4.15. The fourth-order valence-corrected chi connectivity index (χ4v) is 1.40. The van der Waals surface area contributed by atoms with Crippen molar-refractivity contribution in [3.63, 3.8) is 0 Å². The molecular weight excluding hydrogens is 146 g/mol. The molecule has 0 saturated heterocycles. The minimum atomic E-state index is 0.641. The van der Waals surface area contributed by atoms with Crippen molar-refractivity contribution in [2.75, 3.05) is 0 Å². The van der Waals surface area contributed by atoms with Crippen LogP contribution in [0.25, 0.3) is 5.70 Å². The summed E-state index contributed by atoms with van der Waals surface area (Å²) in [5.74, 6) is 0.641. The highest BCUT2D eigenvalue weighted by atomic mass is 15.0. The maximum Gasteiger partial charge on any atom is 0.0205 e. The number of allylic oxidation sites excluding steroid dienone is 2. The molecule has 0 amide bonds. The Hall–Kier alpha value is -0.980. The monoisotopic (exact) mass is 163 g/mol. The van der Waals surface area contributed by atoms with Crippen LogP contribution in [0.15, 0.2) is 30.6 Å². The van der Waals surface area contributed by atoms with Gasteiger partial charge in [-0.3, -0.25) is 0 Å². The highest BCUT2D eigenvalue weighted by molar-refractivity contribution is 5.47. The standard InChI is InChI=1S/C11H17N/c1-4-10(3)11(5-2)12-8-6-7-9-12/h5-10H,4H2,1-3H3/b11-5-. The first-order valence-electron chi connectivity index (χ1n) is 4.59. The third kappa shape index (κ3) is 1.79. The zero-order chi connectivity index (χ0) is 8.97. The molecule has 0 aliphatic rings. The lowest BCUT2D eigenvalue weighted by Crippen LogP contribution is -2.02. The number of rotatable bonds is 3. The summed E-state index contributed by atoms with van der Waals surface area (Å²) < 4.78 is 2.19. The van der Waals surface area contributed by atoms with Gasteiger partial charge in [-0.2, -0.15) is 0 Å². The van der Waals surface area contributed by atoms with Gasteiger partial charge in [-0.15, -0.1) is 0 Å². The van der Waals surface area contributed by atoms with Crippen molar-refractivity contribution >= 4 is 5.70 Å². The fraction of sp³-hybridized carbons (Fsp3) is 0.455. The lowest BCUT2D eigenvalue weighted by molar-refractivity contribution is 0.682. The molecule has 1 heteroatoms. The zero-order valence-corrected chi connectivity index (χ0v) is 8.12. The average Bonchev–Trinajstić information content (AvgIpc) is 2.58. The fourth-order valence-electron chi connectivity index (χ4n) is 1.40. The summed E-state index contributed by atoms with van der Waals surface area (Å²) in [7, 11) is 0. The van der Waals surface area contributed by atoms with Gasteiger partial charge in [0.15, 0.2) is 0 Å². The maximum absolute atomic E-state index is 2.26. The van der Waals surface area contributed by atoms with E-state index in [2.05, 4.69) is 55.9 Å². The lowest BCUT2D eigenvalue weighted by Gasteiger charge is -2.14. The summed E-state index contributed by atoms with van der Waals surface area (Å²) >= 11 is 0. The summed E-state index contributed by atoms with van der Waals surface area (Å²) in [4.78, 5) is 0. The van der Waals surface area contributed by atoms with Gasteiger partial charge in [0, 0.05) is 18.1 Å². The van der Waals surface area contributed by atoms with E-state index in [1.54, 1.807) is 0 Å². The Kier molecular flexibility index (Phi) is 3.15. The molecule has 1 unspecified atom stereocenters. The largest absolute Gasteiger partial charge is 0.328 e. The van der Waals surface area contributed by atoms with Crippen LogP contribution in [-0.4, -0.2) is 4.57 Å². The predicted octanol–water partition coefficient (Wildman–Crippen LogP) is 3.40. The van der Waals surface area contributed by atoms with Crippen molar-refractivity contribution in [1.82, 2.24) is 4.57 Å². The molecule has 0 aromatic carbocycles. The Bertz CT molecular complexity index is 244. The second-order valence-electron chi connectivity index (χ2n) is 3.11.